The second kappa shape index (κ2) is 17.8. The summed E-state index contributed by atoms with van der Waals surface area (Å²) in [5.74, 6) is -5.50. The summed E-state index contributed by atoms with van der Waals surface area (Å²) < 4.78 is 3.91. The molecule has 43 heavy (non-hydrogen) atoms. The zero-order valence-electron chi connectivity index (χ0n) is 22.0. The van der Waals surface area contributed by atoms with E-state index < -0.39 is 69.6 Å². The van der Waals surface area contributed by atoms with Crippen molar-refractivity contribution < 1.29 is 62.1 Å². The zero-order chi connectivity index (χ0) is 32.1. The Balaban J connectivity index is 0.000000608. The molecule has 0 aliphatic rings. The van der Waals surface area contributed by atoms with Gasteiger partial charge in [-0.1, -0.05) is 0 Å². The van der Waals surface area contributed by atoms with Gasteiger partial charge < -0.3 is 75.9 Å². The van der Waals surface area contributed by atoms with Gasteiger partial charge in [0.1, 0.15) is 0 Å². The first-order valence-electron chi connectivity index (χ1n) is 11.6. The molecule has 3 rings (SSSR count). The van der Waals surface area contributed by atoms with Crippen molar-refractivity contribution >= 4 is 17.9 Å². The van der Waals surface area contributed by atoms with Gasteiger partial charge >= 0.3 is 17.1 Å². The predicted octanol–water partition coefficient (Wildman–Crippen LogP) is -7.11. The fourth-order valence-electron chi connectivity index (χ4n) is 2.78. The number of hydrogen-bond acceptors (Lipinski definition) is 15. The van der Waals surface area contributed by atoms with Gasteiger partial charge in [-0.25, -0.2) is 0 Å². The summed E-state index contributed by atoms with van der Waals surface area (Å²) in [5, 5.41) is 57.9. The van der Waals surface area contributed by atoms with E-state index in [9.17, 15) is 44.1 Å². The van der Waals surface area contributed by atoms with Gasteiger partial charge in [-0.15, -0.1) is 0 Å². The first-order chi connectivity index (χ1) is 19.5. The van der Waals surface area contributed by atoms with Crippen molar-refractivity contribution in [2.75, 3.05) is 0 Å². The van der Waals surface area contributed by atoms with E-state index in [1.54, 1.807) is 0 Å². The Kier molecular flexibility index (Phi) is 15.7. The van der Waals surface area contributed by atoms with E-state index in [1.165, 1.54) is 32.3 Å². The second-order valence-corrected chi connectivity index (χ2v) is 8.45. The van der Waals surface area contributed by atoms with E-state index >= 15 is 0 Å². The van der Waals surface area contributed by atoms with Crippen LogP contribution in [0, 0.1) is 0 Å². The largest absolute Gasteiger partial charge is 3.00 e. The molecule has 0 unspecified atom stereocenters. The predicted molar refractivity (Wildman–Crippen MR) is 136 cm³/mol. The van der Waals surface area contributed by atoms with Gasteiger partial charge in [-0.05, 0) is 0 Å². The van der Waals surface area contributed by atoms with Crippen LogP contribution in [0.4, 0.5) is 0 Å². The van der Waals surface area contributed by atoms with E-state index in [2.05, 4.69) is 0 Å². The minimum Gasteiger partial charge on any atom is -0.548 e. The number of nitrogens with two attached hydrogens (primary N) is 3. The molecule has 0 fully saturated rings. The zero-order valence-corrected chi connectivity index (χ0v) is 23.1. The standard InChI is InChI=1S/3C8H10N2O4.Fe/c3*9-5(8(13)14)3-10-2-1-6(11)7(12)4-10;/h3*1-2,4-5,12H,3,9H2,(H,13,14);/q;;;+3/p-3/t3*5-;/m000./s1. The van der Waals surface area contributed by atoms with Gasteiger partial charge in [-0.3, -0.25) is 14.4 Å². The molecule has 0 saturated heterocycles. The van der Waals surface area contributed by atoms with Crippen LogP contribution >= 0.6 is 0 Å². The summed E-state index contributed by atoms with van der Waals surface area (Å²) in [7, 11) is 0. The number of aromatic nitrogens is 3. The number of carbonyl (C=O) groups is 3. The van der Waals surface area contributed by atoms with Crippen molar-refractivity contribution in [3.05, 3.63) is 86.1 Å². The molecule has 18 nitrogen and oxygen atoms in total. The number of carboxylic acid groups (broad SMARTS) is 3. The van der Waals surface area contributed by atoms with Crippen LogP contribution < -0.4 is 48.8 Å². The number of nitrogens with zero attached hydrogens (tertiary/aromatic N) is 3. The van der Waals surface area contributed by atoms with Crippen LogP contribution in [0.25, 0.3) is 0 Å². The SMILES string of the molecule is N[C@@H](Cn1ccc(=O)c(O)c1)C(=O)[O-].N[C@@H](Cn1ccc(=O)c(O)c1)C(=O)[O-].N[C@@H](Cn1ccc(=O)c(O)c1)C(=O)[O-].[Fe+3]. The molecule has 1 radical (unpaired) electrons. The molecular formula is C24H27FeN6O12. The van der Waals surface area contributed by atoms with Gasteiger partial charge in [0.2, 0.25) is 16.3 Å². The summed E-state index contributed by atoms with van der Waals surface area (Å²) in [4.78, 5) is 63.1. The molecule has 0 amide bonds. The van der Waals surface area contributed by atoms with E-state index in [0.29, 0.717) is 0 Å². The van der Waals surface area contributed by atoms with Crippen molar-refractivity contribution in [1.82, 2.24) is 13.7 Å². The molecule has 3 atom stereocenters. The Morgan fingerprint density at radius 1 is 0.581 bits per heavy atom. The van der Waals surface area contributed by atoms with Gasteiger partial charge in [0.25, 0.3) is 0 Å². The van der Waals surface area contributed by atoms with E-state index in [-0.39, 0.29) is 36.7 Å². The molecular weight excluding hydrogens is 620 g/mol. The average Bonchev–Trinajstić information content (AvgIpc) is 2.91. The van der Waals surface area contributed by atoms with Crippen molar-refractivity contribution in [2.45, 2.75) is 37.8 Å². The minimum absolute atomic E-state index is 0. The quantitative estimate of drug-likeness (QED) is 0.118. The first kappa shape index (κ1) is 38.1. The van der Waals surface area contributed by atoms with Gasteiger partial charge in [0.05, 0.1) is 36.0 Å². The van der Waals surface area contributed by atoms with Crippen LogP contribution in [0.1, 0.15) is 0 Å². The molecule has 233 valence electrons. The van der Waals surface area contributed by atoms with Crippen LogP contribution in [0.5, 0.6) is 17.2 Å². The summed E-state index contributed by atoms with van der Waals surface area (Å²) in [6.07, 6.45) is 7.36. The molecule has 3 aromatic rings. The summed E-state index contributed by atoms with van der Waals surface area (Å²) in [6.45, 7) is -0.178. The topological polar surface area (TPSA) is 325 Å². The first-order valence-corrected chi connectivity index (χ1v) is 11.6. The molecule has 0 saturated carbocycles. The Morgan fingerprint density at radius 3 is 0.953 bits per heavy atom. The Labute approximate surface area is 251 Å². The number of carbonyl (C=O) groups excluding carboxylic acids is 3. The second-order valence-electron chi connectivity index (χ2n) is 8.45. The Hall–Kier alpha value is -4.94. The summed E-state index contributed by atoms with van der Waals surface area (Å²) in [5.41, 5.74) is 14.0. The van der Waals surface area contributed by atoms with Crippen molar-refractivity contribution in [3.63, 3.8) is 0 Å². The van der Waals surface area contributed by atoms with Crippen LogP contribution in [0.3, 0.4) is 0 Å². The van der Waals surface area contributed by atoms with Crippen LogP contribution in [0.2, 0.25) is 0 Å². The third-order valence-corrected chi connectivity index (χ3v) is 5.00. The maximum Gasteiger partial charge on any atom is 3.00 e. The fourth-order valence-corrected chi connectivity index (χ4v) is 2.78. The number of carboxylic acids is 3. The third kappa shape index (κ3) is 13.5. The van der Waals surface area contributed by atoms with Gasteiger partial charge in [0, 0.05) is 75.0 Å². The minimum atomic E-state index is -1.39. The molecule has 0 aliphatic carbocycles. The van der Waals surface area contributed by atoms with E-state index in [1.807, 2.05) is 0 Å². The molecule has 0 bridgehead atoms. The average molecular weight is 647 g/mol. The monoisotopic (exact) mass is 647 g/mol. The van der Waals surface area contributed by atoms with Crippen molar-refractivity contribution in [2.24, 2.45) is 17.2 Å². The number of rotatable bonds is 9. The number of aliphatic carboxylic acids is 3. The van der Waals surface area contributed by atoms with Crippen molar-refractivity contribution in [1.29, 1.82) is 0 Å². The van der Waals surface area contributed by atoms with Crippen LogP contribution in [-0.2, 0) is 51.1 Å². The molecule has 3 aromatic heterocycles. The normalized spacial score (nSPS) is 12.1. The van der Waals surface area contributed by atoms with Gasteiger partial charge in [0.15, 0.2) is 17.2 Å². The van der Waals surface area contributed by atoms with E-state index in [4.69, 9.17) is 32.5 Å². The Bertz CT molecular complexity index is 1390. The third-order valence-electron chi connectivity index (χ3n) is 5.00. The van der Waals surface area contributed by atoms with Gasteiger partial charge in [-0.2, -0.15) is 0 Å². The number of aromatic hydroxyl groups is 3. The maximum absolute atomic E-state index is 10.8. The van der Waals surface area contributed by atoms with Crippen LogP contribution in [-0.4, -0.2) is 65.1 Å². The van der Waals surface area contributed by atoms with Crippen LogP contribution in [0.15, 0.2) is 69.8 Å². The number of hydrogen-bond donors (Lipinski definition) is 6. The molecule has 0 spiro atoms. The maximum atomic E-state index is 10.8. The summed E-state index contributed by atoms with van der Waals surface area (Å²) >= 11 is 0. The fraction of sp³-hybridized carbons (Fsp3) is 0.250. The van der Waals surface area contributed by atoms with Crippen molar-refractivity contribution in [3.8, 4) is 17.2 Å². The molecule has 0 aromatic carbocycles. The molecule has 9 N–H and O–H groups in total. The molecule has 3 heterocycles. The van der Waals surface area contributed by atoms with E-state index in [0.717, 1.165) is 36.8 Å². The Morgan fingerprint density at radius 2 is 0.791 bits per heavy atom. The number of pyridine rings is 3. The molecule has 19 heteroatoms. The molecule has 0 aliphatic heterocycles. The smallest absolute Gasteiger partial charge is 0.548 e. The summed E-state index contributed by atoms with van der Waals surface area (Å²) in [6, 6.07) is -0.142.